The fourth-order valence-corrected chi connectivity index (χ4v) is 5.12. The van der Waals surface area contributed by atoms with E-state index in [2.05, 4.69) is 37.1 Å². The average molecular weight is 586 g/mol. The quantitative estimate of drug-likeness (QED) is 0.290. The second kappa shape index (κ2) is 11.6. The molecule has 2 fully saturated rings. The van der Waals surface area contributed by atoms with Crippen molar-refractivity contribution in [3.8, 4) is 12.1 Å². The zero-order valence-corrected chi connectivity index (χ0v) is 22.6. The number of carbonyl (C=O) groups is 1. The van der Waals surface area contributed by atoms with Crippen LogP contribution in [0.25, 0.3) is 5.65 Å². The van der Waals surface area contributed by atoms with Crippen molar-refractivity contribution < 1.29 is 18.7 Å². The van der Waals surface area contributed by atoms with E-state index in [0.717, 1.165) is 17.7 Å². The van der Waals surface area contributed by atoms with Gasteiger partial charge in [-0.3, -0.25) is 0 Å². The van der Waals surface area contributed by atoms with Crippen LogP contribution in [0.3, 0.4) is 0 Å². The lowest BCUT2D eigenvalue weighted by Gasteiger charge is -2.43. The molecule has 2 aliphatic rings. The first-order valence-corrected chi connectivity index (χ1v) is 13.2. The fourth-order valence-electron chi connectivity index (χ4n) is 4.85. The molecular formula is C25H26ClF2N11O2. The van der Waals surface area contributed by atoms with Gasteiger partial charge >= 0.3 is 6.09 Å². The summed E-state index contributed by atoms with van der Waals surface area (Å²) < 4.78 is 27.4. The topological polar surface area (TPSA) is 171 Å². The predicted octanol–water partition coefficient (Wildman–Crippen LogP) is 3.25. The second-order valence-corrected chi connectivity index (χ2v) is 10.3. The Morgan fingerprint density at radius 1 is 1.29 bits per heavy atom. The number of carboxylic acid groups (broad SMARTS) is 1. The smallest absolute Gasteiger partial charge is 0.407 e. The summed E-state index contributed by atoms with van der Waals surface area (Å²) in [6.45, 7) is -0.0690. The standard InChI is InChI=1S/C25H26ClF2N11O2/c1-37(25(40)41)18-4-5-38(12-17(18)31-11-20(27)28)19-7-13(8-29)6-16(21(19)26)34-24-35-22(33-14-2-3-14)23-32-10-15(9-30)39(23)36-24/h6-7,10,14,17-18,20,31H,2-5,11-12H2,1H3,(H,40,41)(H2,33,34,35,36)/t17-,18+/m1/s1. The molecule has 214 valence electrons. The molecule has 1 aromatic carbocycles. The van der Waals surface area contributed by atoms with Crippen molar-refractivity contribution in [3.05, 3.63) is 34.6 Å². The molecule has 4 N–H and O–H groups in total. The van der Waals surface area contributed by atoms with Gasteiger partial charge in [-0.2, -0.15) is 20.0 Å². The van der Waals surface area contributed by atoms with E-state index in [4.69, 9.17) is 11.6 Å². The maximum atomic E-state index is 13.0. The summed E-state index contributed by atoms with van der Waals surface area (Å²) >= 11 is 6.83. The van der Waals surface area contributed by atoms with Gasteiger partial charge in [0.05, 0.1) is 46.8 Å². The zero-order valence-electron chi connectivity index (χ0n) is 21.9. The third-order valence-corrected chi connectivity index (χ3v) is 7.47. The van der Waals surface area contributed by atoms with Gasteiger partial charge in [0.2, 0.25) is 5.95 Å². The summed E-state index contributed by atoms with van der Waals surface area (Å²) in [5.41, 5.74) is 1.65. The molecule has 1 amide bonds. The third-order valence-electron chi connectivity index (χ3n) is 7.07. The summed E-state index contributed by atoms with van der Waals surface area (Å²) in [7, 11) is 1.41. The summed E-state index contributed by atoms with van der Waals surface area (Å²) in [4.78, 5) is 23.4. The number of halogens is 3. The Morgan fingerprint density at radius 3 is 2.73 bits per heavy atom. The van der Waals surface area contributed by atoms with Gasteiger partial charge in [-0.05, 0) is 31.4 Å². The third kappa shape index (κ3) is 6.01. The number of fused-ring (bicyclic) bond motifs is 1. The van der Waals surface area contributed by atoms with Crippen LogP contribution in [0.2, 0.25) is 5.02 Å². The molecular weight excluding hydrogens is 560 g/mol. The maximum Gasteiger partial charge on any atom is 0.407 e. The molecule has 0 radical (unpaired) electrons. The van der Waals surface area contributed by atoms with E-state index >= 15 is 0 Å². The molecule has 0 bridgehead atoms. The lowest BCUT2D eigenvalue weighted by molar-refractivity contribution is 0.105. The Labute approximate surface area is 238 Å². The lowest BCUT2D eigenvalue weighted by Crippen LogP contribution is -2.60. The van der Waals surface area contributed by atoms with E-state index in [-0.39, 0.29) is 34.8 Å². The molecule has 2 atom stereocenters. The number of amides is 1. The van der Waals surface area contributed by atoms with Crippen molar-refractivity contribution in [2.75, 3.05) is 42.2 Å². The molecule has 1 saturated heterocycles. The highest BCUT2D eigenvalue weighted by molar-refractivity contribution is 6.36. The van der Waals surface area contributed by atoms with Crippen LogP contribution in [0.4, 0.5) is 36.7 Å². The molecule has 3 aromatic rings. The van der Waals surface area contributed by atoms with Crippen molar-refractivity contribution >= 4 is 46.5 Å². The number of imidazole rings is 1. The Hall–Kier alpha value is -4.47. The second-order valence-electron chi connectivity index (χ2n) is 9.89. The van der Waals surface area contributed by atoms with E-state index < -0.39 is 31.1 Å². The molecule has 41 heavy (non-hydrogen) atoms. The molecule has 3 heterocycles. The maximum absolute atomic E-state index is 13.0. The minimum absolute atomic E-state index is 0.108. The van der Waals surface area contributed by atoms with Gasteiger partial charge in [-0.25, -0.2) is 18.6 Å². The van der Waals surface area contributed by atoms with Crippen LogP contribution in [0.1, 0.15) is 30.5 Å². The van der Waals surface area contributed by atoms with Crippen molar-refractivity contribution in [2.24, 2.45) is 0 Å². The highest BCUT2D eigenvalue weighted by Gasteiger charge is 2.35. The van der Waals surface area contributed by atoms with Crippen LogP contribution in [-0.4, -0.2) is 86.9 Å². The molecule has 0 unspecified atom stereocenters. The number of likely N-dealkylation sites (N-methyl/N-ethyl adjacent to an activating group) is 1. The van der Waals surface area contributed by atoms with Gasteiger partial charge in [0, 0.05) is 32.2 Å². The molecule has 0 spiro atoms. The Bertz CT molecular complexity index is 1550. The molecule has 2 aromatic heterocycles. The largest absolute Gasteiger partial charge is 0.465 e. The number of rotatable bonds is 9. The number of anilines is 4. The van der Waals surface area contributed by atoms with Gasteiger partial charge in [0.25, 0.3) is 6.43 Å². The summed E-state index contributed by atoms with van der Waals surface area (Å²) in [5.74, 6) is 0.549. The Morgan fingerprint density at radius 2 is 2.07 bits per heavy atom. The molecule has 5 rings (SSSR count). The van der Waals surface area contributed by atoms with Gasteiger partial charge in [0.1, 0.15) is 6.07 Å². The number of aromatic nitrogens is 4. The molecule has 13 nitrogen and oxygen atoms in total. The first kappa shape index (κ1) is 28.1. The number of hydrogen-bond acceptors (Lipinski definition) is 10. The van der Waals surface area contributed by atoms with Crippen LogP contribution in [0, 0.1) is 22.7 Å². The first-order chi connectivity index (χ1) is 19.7. The lowest BCUT2D eigenvalue weighted by atomic mass is 9.97. The van der Waals surface area contributed by atoms with Crippen LogP contribution in [0.5, 0.6) is 0 Å². The highest BCUT2D eigenvalue weighted by atomic mass is 35.5. The predicted molar refractivity (Wildman–Crippen MR) is 146 cm³/mol. The SMILES string of the molecule is CN(C(=O)O)[C@H]1CCN(c2cc(C#N)cc(Nc3nc(NC4CC4)c4ncc(C#N)n4n3)c2Cl)C[C@H]1NCC(F)F. The van der Waals surface area contributed by atoms with Gasteiger partial charge in [-0.1, -0.05) is 11.6 Å². The number of nitriles is 2. The number of piperidine rings is 1. The Balaban J connectivity index is 1.47. The van der Waals surface area contributed by atoms with Crippen molar-refractivity contribution in [1.82, 2.24) is 29.8 Å². The van der Waals surface area contributed by atoms with E-state index in [9.17, 15) is 29.2 Å². The van der Waals surface area contributed by atoms with Crippen LogP contribution in [0.15, 0.2) is 18.3 Å². The summed E-state index contributed by atoms with van der Waals surface area (Å²) in [5, 5.41) is 42.5. The van der Waals surface area contributed by atoms with Gasteiger partial charge < -0.3 is 30.9 Å². The summed E-state index contributed by atoms with van der Waals surface area (Å²) in [6, 6.07) is 6.35. The van der Waals surface area contributed by atoms with E-state index in [0.29, 0.717) is 35.8 Å². The molecule has 16 heteroatoms. The van der Waals surface area contributed by atoms with E-state index in [1.165, 1.54) is 23.8 Å². The summed E-state index contributed by atoms with van der Waals surface area (Å²) in [6.07, 6.45) is -0.0686. The van der Waals surface area contributed by atoms with Crippen molar-refractivity contribution in [3.63, 3.8) is 0 Å². The van der Waals surface area contributed by atoms with E-state index in [1.54, 1.807) is 6.07 Å². The zero-order chi connectivity index (χ0) is 29.3. The highest BCUT2D eigenvalue weighted by Crippen LogP contribution is 2.38. The van der Waals surface area contributed by atoms with Crippen LogP contribution < -0.4 is 20.9 Å². The van der Waals surface area contributed by atoms with Crippen LogP contribution >= 0.6 is 11.6 Å². The molecule has 1 aliphatic heterocycles. The monoisotopic (exact) mass is 585 g/mol. The number of benzene rings is 1. The van der Waals surface area contributed by atoms with E-state index in [1.807, 2.05) is 11.0 Å². The minimum atomic E-state index is -2.61. The molecule has 1 aliphatic carbocycles. The number of nitrogens with zero attached hydrogens (tertiary/aromatic N) is 8. The van der Waals surface area contributed by atoms with Gasteiger partial charge in [-0.15, -0.1) is 5.10 Å². The fraction of sp³-hybridized carbons (Fsp3) is 0.440. The number of nitrogens with one attached hydrogen (secondary N) is 3. The van der Waals surface area contributed by atoms with Gasteiger partial charge in [0.15, 0.2) is 17.2 Å². The number of alkyl halides is 2. The number of hydrogen-bond donors (Lipinski definition) is 4. The van der Waals surface area contributed by atoms with Crippen LogP contribution in [-0.2, 0) is 0 Å². The van der Waals surface area contributed by atoms with Crippen molar-refractivity contribution in [2.45, 2.75) is 43.8 Å². The van der Waals surface area contributed by atoms with Crippen molar-refractivity contribution in [1.29, 1.82) is 10.5 Å². The Kier molecular flexibility index (Phi) is 7.92. The average Bonchev–Trinajstić information content (AvgIpc) is 3.68. The minimum Gasteiger partial charge on any atom is -0.465 e. The normalized spacial score (nSPS) is 18.7. The molecule has 1 saturated carbocycles. The first-order valence-electron chi connectivity index (χ1n) is 12.8.